The van der Waals surface area contributed by atoms with Crippen molar-refractivity contribution in [3.63, 3.8) is 0 Å². The van der Waals surface area contributed by atoms with Crippen molar-refractivity contribution in [1.29, 1.82) is 5.26 Å². The summed E-state index contributed by atoms with van der Waals surface area (Å²) in [6.45, 7) is 2.09. The van der Waals surface area contributed by atoms with Crippen LogP contribution in [-0.4, -0.2) is 72.1 Å². The van der Waals surface area contributed by atoms with Crippen LogP contribution in [0.1, 0.15) is 46.4 Å². The number of nitriles is 1. The van der Waals surface area contributed by atoms with E-state index in [-0.39, 0.29) is 22.9 Å². The molecule has 2 aromatic rings. The highest BCUT2D eigenvalue weighted by Gasteiger charge is 2.55. The summed E-state index contributed by atoms with van der Waals surface area (Å²) in [4.78, 5) is 48.8. The molecule has 12 heteroatoms. The summed E-state index contributed by atoms with van der Waals surface area (Å²) in [6.07, 6.45) is 5.28. The molecule has 4 heterocycles. The molecule has 3 aliphatic rings. The summed E-state index contributed by atoms with van der Waals surface area (Å²) in [5.41, 5.74) is 2.38. The second-order valence-corrected chi connectivity index (χ2v) is 9.47. The van der Waals surface area contributed by atoms with Gasteiger partial charge in [-0.25, -0.2) is 19.6 Å². The molecule has 0 bridgehead atoms. The first kappa shape index (κ1) is 25.2. The summed E-state index contributed by atoms with van der Waals surface area (Å²) in [5.74, 6) is 2.70. The second kappa shape index (κ2) is 10.5. The second-order valence-electron chi connectivity index (χ2n) is 9.47. The molecule has 2 aromatic heterocycles. The van der Waals surface area contributed by atoms with Crippen LogP contribution in [0.4, 0.5) is 22.1 Å². The number of nitrogens with one attached hydrogen (secondary N) is 2. The Balaban J connectivity index is 1.37. The Bertz CT molecular complexity index is 1360. The van der Waals surface area contributed by atoms with E-state index in [0.717, 1.165) is 18.4 Å². The summed E-state index contributed by atoms with van der Waals surface area (Å²) in [5, 5.41) is 15.2. The van der Waals surface area contributed by atoms with Gasteiger partial charge in [-0.1, -0.05) is 0 Å². The first-order chi connectivity index (χ1) is 18.5. The number of aryl methyl sites for hydroxylation is 1. The number of rotatable bonds is 8. The van der Waals surface area contributed by atoms with Gasteiger partial charge < -0.3 is 19.7 Å². The van der Waals surface area contributed by atoms with Crippen molar-refractivity contribution < 1.29 is 23.9 Å². The number of hydrogen-bond acceptors (Lipinski definition) is 10. The predicted octanol–water partition coefficient (Wildman–Crippen LogP) is 2.24. The Morgan fingerprint density at radius 2 is 2.21 bits per heavy atom. The molecular formula is C26H27N7O5. The number of amides is 2. The van der Waals surface area contributed by atoms with E-state index in [4.69, 9.17) is 9.47 Å². The Morgan fingerprint density at radius 1 is 1.37 bits per heavy atom. The van der Waals surface area contributed by atoms with Gasteiger partial charge >= 0.3 is 6.03 Å². The molecule has 2 amide bonds. The molecule has 0 unspecified atom stereocenters. The summed E-state index contributed by atoms with van der Waals surface area (Å²) in [7, 11) is 1.58. The number of hydrogen-bond donors (Lipinski definition) is 2. The lowest BCUT2D eigenvalue weighted by Gasteiger charge is -2.30. The van der Waals surface area contributed by atoms with Gasteiger partial charge in [0.25, 0.3) is 5.88 Å². The minimum absolute atomic E-state index is 0.157. The lowest BCUT2D eigenvalue weighted by Crippen LogP contribution is -2.40. The molecule has 38 heavy (non-hydrogen) atoms. The smallest absolute Gasteiger partial charge is 0.328 e. The highest BCUT2D eigenvalue weighted by Crippen LogP contribution is 2.49. The van der Waals surface area contributed by atoms with Crippen LogP contribution in [0.15, 0.2) is 24.2 Å². The Hall–Kier alpha value is -4.46. The third-order valence-corrected chi connectivity index (χ3v) is 7.05. The van der Waals surface area contributed by atoms with Gasteiger partial charge in [-0.05, 0) is 37.3 Å². The molecule has 2 aliphatic heterocycles. The van der Waals surface area contributed by atoms with Gasteiger partial charge in [-0.2, -0.15) is 5.26 Å². The highest BCUT2D eigenvalue weighted by molar-refractivity contribution is 6.01. The molecule has 1 saturated heterocycles. The molecule has 12 nitrogen and oxygen atoms in total. The maximum Gasteiger partial charge on any atom is 0.328 e. The molecule has 0 radical (unpaired) electrons. The number of carbonyl (C=O) groups excluding carboxylic acids is 3. The first-order valence-electron chi connectivity index (χ1n) is 12.4. The molecule has 1 spiro atoms. The monoisotopic (exact) mass is 517 g/mol. The van der Waals surface area contributed by atoms with Gasteiger partial charge in [0.15, 0.2) is 12.2 Å². The number of nitrogens with zero attached hydrogens (tertiary/aromatic N) is 5. The van der Waals surface area contributed by atoms with E-state index in [2.05, 4.69) is 26.7 Å². The number of urea groups is 1. The Morgan fingerprint density at radius 3 is 2.92 bits per heavy atom. The molecule has 0 aromatic carbocycles. The van der Waals surface area contributed by atoms with Crippen LogP contribution in [0.5, 0.6) is 0 Å². The summed E-state index contributed by atoms with van der Waals surface area (Å²) in [6, 6.07) is 5.11. The van der Waals surface area contributed by atoms with Crippen LogP contribution >= 0.6 is 0 Å². The standard InChI is InChI=1S/C26H27N7O5/c1-37-8-6-28-20-10-22(29-12-19(20)11-27)31-25(36)32-7-2-3-17-9-18(21(14-34)30-24(17)32)13-33-23(15-35)38-16-26(33)4-5-26/h9-10,12,14H,2-8,13,16H2,1H3,(H2,28,29,31,36). The van der Waals surface area contributed by atoms with Gasteiger partial charge in [0.1, 0.15) is 30.0 Å². The van der Waals surface area contributed by atoms with E-state index < -0.39 is 6.03 Å². The van der Waals surface area contributed by atoms with Gasteiger partial charge in [0.2, 0.25) is 0 Å². The third kappa shape index (κ3) is 4.77. The van der Waals surface area contributed by atoms with E-state index in [0.29, 0.717) is 74.6 Å². The van der Waals surface area contributed by atoms with Crippen LogP contribution in [0.2, 0.25) is 0 Å². The van der Waals surface area contributed by atoms with Gasteiger partial charge in [0, 0.05) is 44.6 Å². The van der Waals surface area contributed by atoms with Crippen molar-refractivity contribution in [2.75, 3.05) is 48.9 Å². The fraction of sp³-hybridized carbons (Fsp3) is 0.423. The predicted molar refractivity (Wildman–Crippen MR) is 136 cm³/mol. The maximum atomic E-state index is 13.3. The Labute approximate surface area is 219 Å². The van der Waals surface area contributed by atoms with E-state index in [9.17, 15) is 19.6 Å². The number of anilines is 3. The molecule has 2 N–H and O–H groups in total. The number of aldehydes is 1. The van der Waals surface area contributed by atoms with Crippen LogP contribution in [-0.2, 0) is 27.2 Å². The summed E-state index contributed by atoms with van der Waals surface area (Å²) >= 11 is 0. The minimum atomic E-state index is -0.445. The van der Waals surface area contributed by atoms with E-state index in [1.54, 1.807) is 13.2 Å². The number of ether oxygens (including phenoxy) is 2. The minimum Gasteiger partial charge on any atom is -0.468 e. The highest BCUT2D eigenvalue weighted by atomic mass is 16.5. The lowest BCUT2D eigenvalue weighted by molar-refractivity contribution is 0.111. The van der Waals surface area contributed by atoms with Crippen LogP contribution in [0.25, 0.3) is 0 Å². The molecule has 196 valence electrons. The van der Waals surface area contributed by atoms with Crippen molar-refractivity contribution in [2.24, 2.45) is 0 Å². The normalized spacial score (nSPS) is 16.8. The first-order valence-corrected chi connectivity index (χ1v) is 12.4. The zero-order valence-electron chi connectivity index (χ0n) is 21.0. The fourth-order valence-corrected chi connectivity index (χ4v) is 4.83. The number of fused-ring (bicyclic) bond motifs is 1. The van der Waals surface area contributed by atoms with Crippen molar-refractivity contribution in [2.45, 2.75) is 37.8 Å². The fourth-order valence-electron chi connectivity index (χ4n) is 4.83. The third-order valence-electron chi connectivity index (χ3n) is 7.05. The summed E-state index contributed by atoms with van der Waals surface area (Å²) < 4.78 is 10.6. The van der Waals surface area contributed by atoms with E-state index >= 15 is 0 Å². The van der Waals surface area contributed by atoms with Crippen LogP contribution in [0.3, 0.4) is 0 Å². The van der Waals surface area contributed by atoms with Crippen LogP contribution < -0.4 is 15.5 Å². The number of carbonyl (C=O) groups is 2. The van der Waals surface area contributed by atoms with E-state index in [1.807, 2.05) is 16.9 Å². The van der Waals surface area contributed by atoms with Crippen LogP contribution in [0, 0.1) is 11.3 Å². The molecule has 5 rings (SSSR count). The van der Waals surface area contributed by atoms with E-state index in [1.165, 1.54) is 11.1 Å². The van der Waals surface area contributed by atoms with Crippen molar-refractivity contribution >= 4 is 35.6 Å². The lowest BCUT2D eigenvalue weighted by atomic mass is 10.0. The quantitative estimate of drug-likeness (QED) is 0.303. The molecule has 0 atom stereocenters. The molecule has 1 aliphatic carbocycles. The van der Waals surface area contributed by atoms with Crippen molar-refractivity contribution in [3.8, 4) is 6.07 Å². The Kier molecular flexibility index (Phi) is 6.96. The number of aromatic nitrogens is 2. The zero-order chi connectivity index (χ0) is 26.7. The largest absolute Gasteiger partial charge is 0.468 e. The van der Waals surface area contributed by atoms with Gasteiger partial charge in [0.05, 0.1) is 23.4 Å². The average Bonchev–Trinajstić information content (AvgIpc) is 3.64. The van der Waals surface area contributed by atoms with Crippen molar-refractivity contribution in [1.82, 2.24) is 14.9 Å². The average molecular weight is 518 g/mol. The topological polar surface area (TPSA) is 150 Å². The molecular weight excluding hydrogens is 490 g/mol. The van der Waals surface area contributed by atoms with Gasteiger partial charge in [-0.3, -0.25) is 15.0 Å². The molecule has 2 fully saturated rings. The zero-order valence-corrected chi connectivity index (χ0v) is 21.0. The molecule has 1 saturated carbocycles. The number of pyridine rings is 2. The maximum absolute atomic E-state index is 13.3. The SMILES string of the molecule is COCCNc1cc(NC(=O)N2CCCc3cc(CN4C(=C=O)OCC45CC5)c(C=O)nc32)ncc1C#N. The van der Waals surface area contributed by atoms with Gasteiger partial charge in [-0.15, -0.1) is 0 Å². The number of methoxy groups -OCH3 is 1. The van der Waals surface area contributed by atoms with Crippen molar-refractivity contribution in [3.05, 3.63) is 46.6 Å².